The quantitative estimate of drug-likeness (QED) is 0.860. The zero-order valence-electron chi connectivity index (χ0n) is 13.6. The number of anilines is 1. The molecular weight excluding hydrogens is 340 g/mol. The second kappa shape index (κ2) is 7.06. The highest BCUT2D eigenvalue weighted by molar-refractivity contribution is 7.10. The number of rotatable bonds is 5. The highest BCUT2D eigenvalue weighted by atomic mass is 32.1. The molecule has 0 fully saturated rings. The lowest BCUT2D eigenvalue weighted by molar-refractivity contribution is -0.138. The van der Waals surface area contributed by atoms with Crippen LogP contribution in [0.5, 0.6) is 0 Å². The van der Waals surface area contributed by atoms with Crippen LogP contribution in [0.15, 0.2) is 41.8 Å². The Labute approximate surface area is 149 Å². The van der Waals surface area contributed by atoms with Crippen LogP contribution in [-0.2, 0) is 14.4 Å². The molecule has 0 aliphatic carbocycles. The summed E-state index contributed by atoms with van der Waals surface area (Å²) in [5, 5.41) is 13.8. The van der Waals surface area contributed by atoms with Gasteiger partial charge in [0, 0.05) is 24.0 Å². The molecule has 7 heteroatoms. The van der Waals surface area contributed by atoms with Crippen LogP contribution in [0, 0.1) is 0 Å². The van der Waals surface area contributed by atoms with Crippen LogP contribution in [-0.4, -0.2) is 29.9 Å². The van der Waals surface area contributed by atoms with Crippen molar-refractivity contribution in [1.82, 2.24) is 5.32 Å². The van der Waals surface area contributed by atoms with Crippen molar-refractivity contribution in [3.05, 3.63) is 52.2 Å². The lowest BCUT2D eigenvalue weighted by Gasteiger charge is -2.31. The van der Waals surface area contributed by atoms with Gasteiger partial charge in [0.1, 0.15) is 0 Å². The number of aliphatic carboxylic acids is 1. The van der Waals surface area contributed by atoms with Crippen LogP contribution < -0.4 is 10.2 Å². The summed E-state index contributed by atoms with van der Waals surface area (Å²) in [6.45, 7) is 0. The molecule has 2 heterocycles. The fraction of sp³-hybridized carbons (Fsp3) is 0.278. The minimum atomic E-state index is -0.987. The van der Waals surface area contributed by atoms with Crippen LogP contribution in [0.4, 0.5) is 5.69 Å². The second-order valence-electron chi connectivity index (χ2n) is 5.94. The predicted molar refractivity (Wildman–Crippen MR) is 94.7 cm³/mol. The third kappa shape index (κ3) is 3.56. The van der Waals surface area contributed by atoms with Crippen LogP contribution in [0.3, 0.4) is 0 Å². The Morgan fingerprint density at radius 1 is 1.32 bits per heavy atom. The molecule has 2 aromatic rings. The van der Waals surface area contributed by atoms with E-state index >= 15 is 0 Å². The molecule has 0 saturated carbocycles. The van der Waals surface area contributed by atoms with Crippen molar-refractivity contribution in [2.24, 2.45) is 0 Å². The number of benzene rings is 1. The number of hydrogen-bond donors (Lipinski definition) is 2. The van der Waals surface area contributed by atoms with E-state index in [1.165, 1.54) is 11.3 Å². The topological polar surface area (TPSA) is 86.7 Å². The van der Waals surface area contributed by atoms with Gasteiger partial charge >= 0.3 is 5.97 Å². The molecule has 6 nitrogen and oxygen atoms in total. The Hall–Kier alpha value is -2.67. The fourth-order valence-corrected chi connectivity index (χ4v) is 3.81. The lowest BCUT2D eigenvalue weighted by atomic mass is 9.88. The van der Waals surface area contributed by atoms with E-state index in [-0.39, 0.29) is 24.7 Å². The molecule has 1 aliphatic heterocycles. The number of nitrogens with one attached hydrogen (secondary N) is 1. The van der Waals surface area contributed by atoms with Crippen molar-refractivity contribution in [1.29, 1.82) is 0 Å². The van der Waals surface area contributed by atoms with Gasteiger partial charge in [-0.3, -0.25) is 14.4 Å². The minimum absolute atomic E-state index is 0.0730. The summed E-state index contributed by atoms with van der Waals surface area (Å²) in [6, 6.07) is 10.3. The molecule has 2 atom stereocenters. The maximum atomic E-state index is 12.8. The van der Waals surface area contributed by atoms with E-state index in [1.807, 2.05) is 29.6 Å². The van der Waals surface area contributed by atoms with Gasteiger partial charge in [0.05, 0.1) is 18.4 Å². The molecule has 1 aromatic carbocycles. The minimum Gasteiger partial charge on any atom is -0.481 e. The highest BCUT2D eigenvalue weighted by Crippen LogP contribution is 2.36. The normalized spacial score (nSPS) is 17.7. The van der Waals surface area contributed by atoms with E-state index in [1.54, 1.807) is 24.1 Å². The molecular formula is C18H18N2O4S. The van der Waals surface area contributed by atoms with E-state index in [2.05, 4.69) is 5.32 Å². The third-order valence-corrected chi connectivity index (χ3v) is 5.31. The van der Waals surface area contributed by atoms with Gasteiger partial charge in [-0.15, -0.1) is 11.3 Å². The molecule has 25 heavy (non-hydrogen) atoms. The Kier molecular flexibility index (Phi) is 4.85. The zero-order chi connectivity index (χ0) is 18.0. The number of carboxylic acids is 1. The molecule has 130 valence electrons. The van der Waals surface area contributed by atoms with E-state index < -0.39 is 17.9 Å². The number of amides is 2. The van der Waals surface area contributed by atoms with Crippen molar-refractivity contribution in [3.8, 4) is 0 Å². The summed E-state index contributed by atoms with van der Waals surface area (Å²) >= 11 is 1.39. The van der Waals surface area contributed by atoms with E-state index in [9.17, 15) is 14.4 Å². The van der Waals surface area contributed by atoms with Crippen molar-refractivity contribution in [2.45, 2.75) is 24.8 Å². The van der Waals surface area contributed by atoms with Crippen molar-refractivity contribution < 1.29 is 19.5 Å². The maximum absolute atomic E-state index is 12.8. The average Bonchev–Trinajstić information content (AvgIpc) is 3.11. The molecule has 1 aliphatic rings. The first-order valence-corrected chi connectivity index (χ1v) is 8.76. The van der Waals surface area contributed by atoms with Crippen LogP contribution >= 0.6 is 11.3 Å². The van der Waals surface area contributed by atoms with Crippen molar-refractivity contribution in [2.75, 3.05) is 11.9 Å². The predicted octanol–water partition coefficient (Wildman–Crippen LogP) is 2.53. The summed E-state index contributed by atoms with van der Waals surface area (Å²) in [4.78, 5) is 38.5. The number of fused-ring (bicyclic) bond motifs is 1. The summed E-state index contributed by atoms with van der Waals surface area (Å²) in [5.74, 6) is -2.06. The van der Waals surface area contributed by atoms with Gasteiger partial charge in [-0.1, -0.05) is 24.3 Å². The van der Waals surface area contributed by atoms with E-state index in [0.717, 1.165) is 10.4 Å². The Bertz CT molecular complexity index is 803. The van der Waals surface area contributed by atoms with Crippen LogP contribution in [0.1, 0.15) is 35.2 Å². The van der Waals surface area contributed by atoms with Gasteiger partial charge in [0.25, 0.3) is 0 Å². The Morgan fingerprint density at radius 3 is 2.76 bits per heavy atom. The first-order chi connectivity index (χ1) is 12.0. The summed E-state index contributed by atoms with van der Waals surface area (Å²) < 4.78 is 0. The largest absolute Gasteiger partial charge is 0.481 e. The zero-order valence-corrected chi connectivity index (χ0v) is 14.5. The molecule has 0 unspecified atom stereocenters. The SMILES string of the molecule is CN1C(=O)C[C@@H](C(=O)N[C@@H](CC(=O)O)c2cccs2)c2ccccc21. The summed E-state index contributed by atoms with van der Waals surface area (Å²) in [7, 11) is 1.69. The number of carbonyl (C=O) groups excluding carboxylic acids is 2. The van der Waals surface area contributed by atoms with Crippen molar-refractivity contribution >= 4 is 34.8 Å². The molecule has 0 saturated heterocycles. The molecule has 0 spiro atoms. The molecule has 0 bridgehead atoms. The lowest BCUT2D eigenvalue weighted by Crippen LogP contribution is -2.40. The van der Waals surface area contributed by atoms with Gasteiger partial charge in [-0.2, -0.15) is 0 Å². The van der Waals surface area contributed by atoms with Gasteiger partial charge in [-0.25, -0.2) is 0 Å². The van der Waals surface area contributed by atoms with E-state index in [0.29, 0.717) is 5.69 Å². The number of carboxylic acid groups (broad SMARTS) is 1. The summed E-state index contributed by atoms with van der Waals surface area (Å²) in [6.07, 6.45) is -0.127. The highest BCUT2D eigenvalue weighted by Gasteiger charge is 2.34. The number of thiophene rings is 1. The Balaban J connectivity index is 1.86. The first-order valence-electron chi connectivity index (χ1n) is 7.88. The monoisotopic (exact) mass is 358 g/mol. The molecule has 2 amide bonds. The first kappa shape index (κ1) is 17.2. The van der Waals surface area contributed by atoms with Gasteiger partial charge in [0.15, 0.2) is 0 Å². The van der Waals surface area contributed by atoms with Gasteiger partial charge in [-0.05, 0) is 23.1 Å². The smallest absolute Gasteiger partial charge is 0.305 e. The van der Waals surface area contributed by atoms with Gasteiger partial charge < -0.3 is 15.3 Å². The third-order valence-electron chi connectivity index (χ3n) is 4.32. The molecule has 2 N–H and O–H groups in total. The standard InChI is InChI=1S/C18H18N2O4S/c1-20-14-6-3-2-5-11(14)12(9-16(20)21)18(24)19-13(10-17(22)23)15-7-4-8-25-15/h2-8,12-13H,9-10H2,1H3,(H,19,24)(H,22,23)/t12-,13+/m1/s1. The Morgan fingerprint density at radius 2 is 2.08 bits per heavy atom. The fourth-order valence-electron chi connectivity index (χ4n) is 3.04. The molecule has 0 radical (unpaired) electrons. The number of carbonyl (C=O) groups is 3. The average molecular weight is 358 g/mol. The van der Waals surface area contributed by atoms with Crippen molar-refractivity contribution in [3.63, 3.8) is 0 Å². The number of nitrogens with zero attached hydrogens (tertiary/aromatic N) is 1. The van der Waals surface area contributed by atoms with E-state index in [4.69, 9.17) is 5.11 Å². The van der Waals surface area contributed by atoms with Crippen LogP contribution in [0.25, 0.3) is 0 Å². The summed E-state index contributed by atoms with van der Waals surface area (Å²) in [5.41, 5.74) is 1.49. The van der Waals surface area contributed by atoms with Crippen LogP contribution in [0.2, 0.25) is 0 Å². The maximum Gasteiger partial charge on any atom is 0.305 e. The second-order valence-corrected chi connectivity index (χ2v) is 6.92. The van der Waals surface area contributed by atoms with Gasteiger partial charge in [0.2, 0.25) is 11.8 Å². The number of para-hydroxylation sites is 1. The number of hydrogen-bond acceptors (Lipinski definition) is 4. The molecule has 1 aromatic heterocycles. The molecule has 3 rings (SSSR count).